The Labute approximate surface area is 135 Å². The first-order chi connectivity index (χ1) is 10.4. The number of carbonyl (C=O) groups is 1. The molecule has 0 heterocycles. The van der Waals surface area contributed by atoms with Crippen molar-refractivity contribution in [3.8, 4) is 0 Å². The molecule has 0 fully saturated rings. The lowest BCUT2D eigenvalue weighted by atomic mass is 10.2. The number of hydrogen-bond acceptors (Lipinski definition) is 6. The third-order valence-electron chi connectivity index (χ3n) is 2.65. The van der Waals surface area contributed by atoms with E-state index in [0.717, 1.165) is 0 Å². The molecule has 130 valence electrons. The first kappa shape index (κ1) is 21.3. The van der Waals surface area contributed by atoms with Gasteiger partial charge < -0.3 is 22.4 Å². The summed E-state index contributed by atoms with van der Waals surface area (Å²) in [5, 5.41) is 0. The molecule has 0 bridgehead atoms. The van der Waals surface area contributed by atoms with Gasteiger partial charge in [-0.15, -0.1) is 0 Å². The lowest BCUT2D eigenvalue weighted by Crippen LogP contribution is -2.51. The summed E-state index contributed by atoms with van der Waals surface area (Å²) in [5.74, 6) is -0.366. The molecule has 0 radical (unpaired) electrons. The van der Waals surface area contributed by atoms with Gasteiger partial charge in [-0.2, -0.15) is 0 Å². The predicted molar refractivity (Wildman–Crippen MR) is 86.2 cm³/mol. The lowest BCUT2D eigenvalue weighted by molar-refractivity contribution is -0.139. The van der Waals surface area contributed by atoms with Crippen molar-refractivity contribution in [1.82, 2.24) is 0 Å². The maximum absolute atomic E-state index is 11.3. The summed E-state index contributed by atoms with van der Waals surface area (Å²) >= 11 is 0. The highest BCUT2D eigenvalue weighted by atomic mass is 28.4. The van der Waals surface area contributed by atoms with E-state index in [1.807, 2.05) is 27.7 Å². The smallest absolute Gasteiger partial charge is 0.462 e. The summed E-state index contributed by atoms with van der Waals surface area (Å²) < 4.78 is 27.9. The molecular formula is C15H30O6Si. The molecule has 1 atom stereocenters. The van der Waals surface area contributed by atoms with E-state index < -0.39 is 9.05 Å². The zero-order chi connectivity index (χ0) is 17.0. The Morgan fingerprint density at radius 1 is 1.09 bits per heavy atom. The molecule has 0 aliphatic carbocycles. The molecule has 7 heteroatoms. The second kappa shape index (κ2) is 11.8. The van der Waals surface area contributed by atoms with Crippen LogP contribution in [-0.2, 0) is 27.2 Å². The van der Waals surface area contributed by atoms with Gasteiger partial charge in [0.15, 0.2) is 0 Å². The van der Waals surface area contributed by atoms with Crippen molar-refractivity contribution < 1.29 is 27.2 Å². The van der Waals surface area contributed by atoms with E-state index in [0.29, 0.717) is 44.8 Å². The number of ether oxygens (including phenoxy) is 1. The van der Waals surface area contributed by atoms with Crippen LogP contribution in [0.2, 0.25) is 0 Å². The van der Waals surface area contributed by atoms with E-state index in [9.17, 15) is 4.79 Å². The van der Waals surface area contributed by atoms with Crippen LogP contribution in [0, 0.1) is 0 Å². The highest BCUT2D eigenvalue weighted by Crippen LogP contribution is 2.17. The lowest BCUT2D eigenvalue weighted by Gasteiger charge is -2.29. The van der Waals surface area contributed by atoms with Crippen LogP contribution in [0.5, 0.6) is 0 Å². The van der Waals surface area contributed by atoms with Gasteiger partial charge in [0, 0.05) is 31.5 Å². The van der Waals surface area contributed by atoms with Gasteiger partial charge in [0.2, 0.25) is 0 Å². The molecule has 1 unspecified atom stereocenters. The van der Waals surface area contributed by atoms with Gasteiger partial charge in [-0.1, -0.05) is 6.58 Å². The van der Waals surface area contributed by atoms with Crippen LogP contribution < -0.4 is 0 Å². The van der Waals surface area contributed by atoms with E-state index in [2.05, 4.69) is 6.58 Å². The van der Waals surface area contributed by atoms with Gasteiger partial charge in [0.05, 0.1) is 6.61 Å². The fourth-order valence-electron chi connectivity index (χ4n) is 1.72. The Morgan fingerprint density at radius 2 is 1.59 bits per heavy atom. The second-order valence-electron chi connectivity index (χ2n) is 4.79. The Bertz CT molecular complexity index is 317. The first-order valence-corrected chi connectivity index (χ1v) is 9.46. The summed E-state index contributed by atoms with van der Waals surface area (Å²) in [6.07, 6.45) is 1.29. The minimum atomic E-state index is -3.08. The van der Waals surface area contributed by atoms with Gasteiger partial charge >= 0.3 is 15.0 Å². The van der Waals surface area contributed by atoms with E-state index in [4.69, 9.17) is 22.4 Å². The Morgan fingerprint density at radius 3 is 2.00 bits per heavy atom. The molecule has 0 saturated heterocycles. The highest BCUT2D eigenvalue weighted by molar-refractivity contribution is 6.53. The van der Waals surface area contributed by atoms with Crippen molar-refractivity contribution in [1.29, 1.82) is 0 Å². The number of carbonyl (C=O) groups excluding carboxylic acids is 1. The summed E-state index contributed by atoms with van der Waals surface area (Å²) in [4.78, 5) is 11.3. The minimum absolute atomic E-state index is 0.111. The van der Waals surface area contributed by atoms with Crippen molar-refractivity contribution in [2.75, 3.05) is 26.4 Å². The van der Waals surface area contributed by atoms with E-state index in [1.165, 1.54) is 0 Å². The van der Waals surface area contributed by atoms with E-state index in [1.54, 1.807) is 6.92 Å². The maximum atomic E-state index is 11.3. The molecule has 0 rings (SSSR count). The standard InChI is InChI=1S/C15H30O6Si/c1-7-18-22(19-8-2,20-9-3)21-14(6)11-10-12-17-15(16)13(4)5/h14H,4,7-12H2,1-3,5-6H3. The maximum Gasteiger partial charge on any atom is 0.679 e. The molecule has 0 N–H and O–H groups in total. The van der Waals surface area contributed by atoms with Crippen LogP contribution in [0.3, 0.4) is 0 Å². The Kier molecular flexibility index (Phi) is 11.4. The minimum Gasteiger partial charge on any atom is -0.462 e. The summed E-state index contributed by atoms with van der Waals surface area (Å²) in [5.41, 5.74) is 0.403. The van der Waals surface area contributed by atoms with Gasteiger partial charge in [-0.3, -0.25) is 0 Å². The third-order valence-corrected chi connectivity index (χ3v) is 5.26. The van der Waals surface area contributed by atoms with E-state index >= 15 is 0 Å². The Balaban J connectivity index is 4.29. The van der Waals surface area contributed by atoms with Crippen LogP contribution in [0.15, 0.2) is 12.2 Å². The average Bonchev–Trinajstić information content (AvgIpc) is 2.44. The topological polar surface area (TPSA) is 63.2 Å². The van der Waals surface area contributed by atoms with Crippen molar-refractivity contribution >= 4 is 15.0 Å². The number of esters is 1. The first-order valence-electron chi connectivity index (χ1n) is 7.83. The van der Waals surface area contributed by atoms with Crippen molar-refractivity contribution in [2.45, 2.75) is 53.6 Å². The SMILES string of the molecule is C=C(C)C(=O)OCCCC(C)O[Si](OCC)(OCC)OCC. The fraction of sp³-hybridized carbons (Fsp3) is 0.800. The monoisotopic (exact) mass is 334 g/mol. The van der Waals surface area contributed by atoms with Crippen LogP contribution >= 0.6 is 0 Å². The zero-order valence-corrected chi connectivity index (χ0v) is 15.5. The molecule has 0 aromatic rings. The summed E-state index contributed by atoms with van der Waals surface area (Å²) in [6.45, 7) is 14.5. The van der Waals surface area contributed by atoms with Crippen molar-refractivity contribution in [3.63, 3.8) is 0 Å². The molecule has 0 aromatic heterocycles. The molecule has 22 heavy (non-hydrogen) atoms. The van der Waals surface area contributed by atoms with Crippen molar-refractivity contribution in [2.24, 2.45) is 0 Å². The molecule has 0 aromatic carbocycles. The summed E-state index contributed by atoms with van der Waals surface area (Å²) in [6, 6.07) is 0. The van der Waals surface area contributed by atoms with Gasteiger partial charge in [0.25, 0.3) is 0 Å². The predicted octanol–water partition coefficient (Wildman–Crippen LogP) is 2.84. The quantitative estimate of drug-likeness (QED) is 0.223. The van der Waals surface area contributed by atoms with Gasteiger partial charge in [-0.05, 0) is 47.5 Å². The zero-order valence-electron chi connectivity index (χ0n) is 14.5. The molecule has 0 aliphatic rings. The fourth-order valence-corrected chi connectivity index (χ4v) is 3.85. The molecule has 0 amide bonds. The summed E-state index contributed by atoms with van der Waals surface area (Å²) in [7, 11) is -3.08. The molecular weight excluding hydrogens is 304 g/mol. The third kappa shape index (κ3) is 8.65. The molecule has 0 saturated carbocycles. The van der Waals surface area contributed by atoms with Crippen LogP contribution in [0.4, 0.5) is 0 Å². The second-order valence-corrected chi connectivity index (χ2v) is 6.89. The number of hydrogen-bond donors (Lipinski definition) is 0. The van der Waals surface area contributed by atoms with Crippen LogP contribution in [0.1, 0.15) is 47.5 Å². The average molecular weight is 334 g/mol. The Hall–Kier alpha value is -0.733. The molecule has 0 spiro atoms. The van der Waals surface area contributed by atoms with Gasteiger partial charge in [-0.25, -0.2) is 4.79 Å². The largest absolute Gasteiger partial charge is 0.679 e. The normalized spacial score (nSPS) is 13.0. The molecule has 6 nitrogen and oxygen atoms in total. The van der Waals surface area contributed by atoms with Crippen LogP contribution in [-0.4, -0.2) is 47.5 Å². The van der Waals surface area contributed by atoms with Crippen molar-refractivity contribution in [3.05, 3.63) is 12.2 Å². The van der Waals surface area contributed by atoms with E-state index in [-0.39, 0.29) is 12.1 Å². The van der Waals surface area contributed by atoms with Crippen LogP contribution in [0.25, 0.3) is 0 Å². The number of rotatable bonds is 13. The van der Waals surface area contributed by atoms with Gasteiger partial charge in [0.1, 0.15) is 0 Å². The molecule has 0 aliphatic heterocycles. The highest BCUT2D eigenvalue weighted by Gasteiger charge is 2.46.